The van der Waals surface area contributed by atoms with Crippen molar-refractivity contribution in [1.82, 2.24) is 15.5 Å². The number of nitrogens with zero attached hydrogens (tertiary/aromatic N) is 2. The Morgan fingerprint density at radius 1 is 1.12 bits per heavy atom. The first-order valence-electron chi connectivity index (χ1n) is 11.6. The number of halogens is 1. The average Bonchev–Trinajstić information content (AvgIpc) is 2.90. The molecule has 0 saturated carbocycles. The molecule has 2 fully saturated rings. The number of amides is 4. The van der Waals surface area contributed by atoms with Crippen LogP contribution in [0.5, 0.6) is 0 Å². The Kier molecular flexibility index (Phi) is 2.32. The predicted octanol–water partition coefficient (Wildman–Crippen LogP) is -0.364. The van der Waals surface area contributed by atoms with Gasteiger partial charge in [-0.25, -0.2) is 4.39 Å². The minimum absolute atomic E-state index is 0.0441. The molecular weight excluding hydrogens is 343 g/mol. The summed E-state index contributed by atoms with van der Waals surface area (Å²) in [5.41, 5.74) is -2.28. The smallest absolute Gasteiger partial charge is 0.264 e. The van der Waals surface area contributed by atoms with Crippen molar-refractivity contribution in [2.75, 3.05) is 30.9 Å². The van der Waals surface area contributed by atoms with E-state index in [0.29, 0.717) is 17.0 Å². The van der Waals surface area contributed by atoms with Crippen LogP contribution in [0.25, 0.3) is 0 Å². The third-order valence-electron chi connectivity index (χ3n) is 4.19. The zero-order valence-corrected chi connectivity index (χ0v) is 13.1. The van der Waals surface area contributed by atoms with E-state index in [4.69, 9.17) is 11.0 Å². The number of benzene rings is 1. The second-order valence-electron chi connectivity index (χ2n) is 5.73. The number of rotatable bonds is 2. The summed E-state index contributed by atoms with van der Waals surface area (Å²) in [4.78, 5) is 50.4. The Bertz CT molecular complexity index is 1130. The lowest BCUT2D eigenvalue weighted by Gasteiger charge is -2.31. The topological polar surface area (TPSA) is 98.8 Å². The molecule has 9 heteroatoms. The largest absolute Gasteiger partial charge is 0.368 e. The summed E-state index contributed by atoms with van der Waals surface area (Å²) in [6, 6.07) is -0.331. The SMILES string of the molecule is [2H]C1([2H])NC([2H])([2H])C([2H])([2H])N(c2cc(F)cc3c2C(=O)N(C2CCC(=O)NC2=O)C3=O)C1([2H])[2H]. The Balaban J connectivity index is 1.92. The molecule has 1 atom stereocenters. The highest BCUT2D eigenvalue weighted by Crippen LogP contribution is 2.35. The molecule has 8 nitrogen and oxygen atoms in total. The van der Waals surface area contributed by atoms with Gasteiger partial charge in [-0.15, -0.1) is 0 Å². The van der Waals surface area contributed by atoms with E-state index in [0.717, 1.165) is 0 Å². The fourth-order valence-corrected chi connectivity index (χ4v) is 3.06. The van der Waals surface area contributed by atoms with Gasteiger partial charge in [-0.05, 0) is 18.6 Å². The zero-order chi connectivity index (χ0) is 25.6. The van der Waals surface area contributed by atoms with Crippen LogP contribution < -0.4 is 15.5 Å². The van der Waals surface area contributed by atoms with E-state index in [1.54, 1.807) is 5.32 Å². The van der Waals surface area contributed by atoms with Crippen LogP contribution in [0, 0.1) is 5.82 Å². The summed E-state index contributed by atoms with van der Waals surface area (Å²) in [7, 11) is 0. The Morgan fingerprint density at radius 3 is 2.54 bits per heavy atom. The molecular formula is C17H17FN4O4. The summed E-state index contributed by atoms with van der Waals surface area (Å²) in [5, 5.41) is 3.59. The number of piperidine rings is 1. The highest BCUT2D eigenvalue weighted by Gasteiger charge is 2.46. The number of piperazine rings is 1. The number of fused-ring (bicyclic) bond motifs is 1. The van der Waals surface area contributed by atoms with Gasteiger partial charge in [0.05, 0.1) is 22.3 Å². The number of carbonyl (C=O) groups excluding carboxylic acids is 4. The van der Waals surface area contributed by atoms with E-state index < -0.39 is 78.3 Å². The number of nitrogens with one attached hydrogen (secondary N) is 2. The first-order valence-corrected chi connectivity index (χ1v) is 7.59. The maximum absolute atomic E-state index is 14.6. The van der Waals surface area contributed by atoms with Crippen molar-refractivity contribution < 1.29 is 34.5 Å². The Labute approximate surface area is 159 Å². The summed E-state index contributed by atoms with van der Waals surface area (Å²) in [6.07, 6.45) is -0.428. The molecule has 3 heterocycles. The fraction of sp³-hybridized carbons (Fsp3) is 0.412. The second kappa shape index (κ2) is 6.17. The van der Waals surface area contributed by atoms with Gasteiger partial charge in [-0.2, -0.15) is 0 Å². The molecule has 0 radical (unpaired) electrons. The fourth-order valence-electron chi connectivity index (χ4n) is 3.06. The van der Waals surface area contributed by atoms with E-state index in [1.807, 2.05) is 5.32 Å². The molecule has 3 aliphatic rings. The molecule has 4 rings (SSSR count). The number of carbonyl (C=O) groups is 4. The minimum atomic E-state index is -3.39. The van der Waals surface area contributed by atoms with Crippen molar-refractivity contribution in [3.05, 3.63) is 29.1 Å². The van der Waals surface area contributed by atoms with Gasteiger partial charge in [-0.3, -0.25) is 29.4 Å². The molecule has 0 bridgehead atoms. The summed E-state index contributed by atoms with van der Waals surface area (Å²) < 4.78 is 79.1. The molecule has 3 aliphatic heterocycles. The molecule has 1 aromatic rings. The van der Waals surface area contributed by atoms with Crippen LogP contribution in [0.3, 0.4) is 0 Å². The van der Waals surface area contributed by atoms with Crippen LogP contribution in [-0.4, -0.2) is 60.6 Å². The molecule has 136 valence electrons. The van der Waals surface area contributed by atoms with E-state index in [1.165, 1.54) is 0 Å². The molecule has 1 unspecified atom stereocenters. The lowest BCUT2D eigenvalue weighted by atomic mass is 10.0. The second-order valence-corrected chi connectivity index (χ2v) is 5.73. The maximum atomic E-state index is 14.6. The van der Waals surface area contributed by atoms with Crippen molar-refractivity contribution in [3.63, 3.8) is 0 Å². The van der Waals surface area contributed by atoms with Crippen LogP contribution in [0.4, 0.5) is 10.1 Å². The standard InChI is InChI=1S/C17H17FN4O4/c18-9-7-10-14(12(8-9)21-5-3-19-4-6-21)17(26)22(16(10)25)11-1-2-13(23)20-15(11)24/h7-8,11,19H,1-6H2,(H,20,23,24)/i3D2,4D2,5D2,6D2. The van der Waals surface area contributed by atoms with Gasteiger partial charge in [0, 0.05) is 37.9 Å². The summed E-state index contributed by atoms with van der Waals surface area (Å²) in [5.74, 6) is -5.19. The van der Waals surface area contributed by atoms with Gasteiger partial charge in [0.1, 0.15) is 11.9 Å². The van der Waals surface area contributed by atoms with E-state index in [2.05, 4.69) is 0 Å². The molecule has 2 saturated heterocycles. The molecule has 0 aliphatic carbocycles. The van der Waals surface area contributed by atoms with Crippen molar-refractivity contribution in [2.45, 2.75) is 18.9 Å². The van der Waals surface area contributed by atoms with Crippen molar-refractivity contribution >= 4 is 29.3 Å². The van der Waals surface area contributed by atoms with Crippen LogP contribution in [0.15, 0.2) is 12.1 Å². The van der Waals surface area contributed by atoms with Gasteiger partial charge in [0.2, 0.25) is 11.8 Å². The van der Waals surface area contributed by atoms with E-state index in [-0.39, 0.29) is 17.7 Å². The highest BCUT2D eigenvalue weighted by molar-refractivity contribution is 6.25. The van der Waals surface area contributed by atoms with Gasteiger partial charge in [0.25, 0.3) is 11.8 Å². The van der Waals surface area contributed by atoms with Crippen LogP contribution in [0.1, 0.15) is 44.5 Å². The normalized spacial score (nSPS) is 35.7. The number of hydrogen-bond acceptors (Lipinski definition) is 6. The molecule has 2 N–H and O–H groups in total. The third-order valence-corrected chi connectivity index (χ3v) is 4.19. The lowest BCUT2D eigenvalue weighted by Crippen LogP contribution is -2.54. The predicted molar refractivity (Wildman–Crippen MR) is 88.2 cm³/mol. The minimum Gasteiger partial charge on any atom is -0.368 e. The first kappa shape index (κ1) is 9.77. The molecule has 0 spiro atoms. The Hall–Kier alpha value is -2.81. The third kappa shape index (κ3) is 2.55. The van der Waals surface area contributed by atoms with Crippen LogP contribution >= 0.6 is 0 Å². The van der Waals surface area contributed by atoms with Crippen molar-refractivity contribution in [2.24, 2.45) is 0 Å². The van der Waals surface area contributed by atoms with Crippen LogP contribution in [0.2, 0.25) is 0 Å². The van der Waals surface area contributed by atoms with Crippen molar-refractivity contribution in [1.29, 1.82) is 0 Å². The van der Waals surface area contributed by atoms with Gasteiger partial charge >= 0.3 is 0 Å². The number of hydrogen-bond donors (Lipinski definition) is 2. The summed E-state index contributed by atoms with van der Waals surface area (Å²) >= 11 is 0. The first-order chi connectivity index (χ1) is 15.4. The van der Waals surface area contributed by atoms with Gasteiger partial charge in [0.15, 0.2) is 0 Å². The quantitative estimate of drug-likeness (QED) is 0.692. The molecule has 26 heavy (non-hydrogen) atoms. The number of anilines is 1. The molecule has 4 amide bonds. The van der Waals surface area contributed by atoms with Gasteiger partial charge in [-0.1, -0.05) is 0 Å². The summed E-state index contributed by atoms with van der Waals surface area (Å²) in [6.45, 7) is -13.3. The highest BCUT2D eigenvalue weighted by atomic mass is 19.1. The zero-order valence-electron chi connectivity index (χ0n) is 21.1. The molecule has 0 aromatic heterocycles. The molecule has 1 aromatic carbocycles. The van der Waals surface area contributed by atoms with Crippen LogP contribution in [-0.2, 0) is 9.59 Å². The number of imide groups is 2. The monoisotopic (exact) mass is 368 g/mol. The van der Waals surface area contributed by atoms with E-state index in [9.17, 15) is 23.6 Å². The van der Waals surface area contributed by atoms with E-state index >= 15 is 0 Å². The van der Waals surface area contributed by atoms with Gasteiger partial charge < -0.3 is 10.2 Å². The lowest BCUT2D eigenvalue weighted by molar-refractivity contribution is -0.136. The Morgan fingerprint density at radius 2 is 1.85 bits per heavy atom. The average molecular weight is 368 g/mol. The maximum Gasteiger partial charge on any atom is 0.264 e. The van der Waals surface area contributed by atoms with Crippen molar-refractivity contribution in [3.8, 4) is 0 Å².